The van der Waals surface area contributed by atoms with E-state index < -0.39 is 15.7 Å². The summed E-state index contributed by atoms with van der Waals surface area (Å²) >= 11 is 0. The molecule has 6 heteroatoms. The number of aliphatic imine (C=N–C) groups is 1. The lowest BCUT2D eigenvalue weighted by Crippen LogP contribution is -2.49. The Labute approximate surface area is 134 Å². The molecule has 0 spiro atoms. The molecule has 1 atom stereocenters. The molecule has 5 nitrogen and oxygen atoms in total. The number of anilines is 1. The van der Waals surface area contributed by atoms with E-state index in [1.165, 1.54) is 12.1 Å². The molecule has 1 amide bonds. The number of benzene rings is 2. The van der Waals surface area contributed by atoms with Gasteiger partial charge in [-0.3, -0.25) is 9.79 Å². The SMILES string of the molecule is O=C1C(S(=O)(=O)c2ccccc2)=NCC2Cc3ccccc3N12. The number of carbonyl (C=O) groups excluding carboxylic acids is 1. The van der Waals surface area contributed by atoms with Crippen LogP contribution in [0.3, 0.4) is 0 Å². The summed E-state index contributed by atoms with van der Waals surface area (Å²) in [5, 5.41) is -0.364. The molecule has 0 saturated carbocycles. The van der Waals surface area contributed by atoms with E-state index in [0.717, 1.165) is 11.3 Å². The Morgan fingerprint density at radius 1 is 1.00 bits per heavy atom. The lowest BCUT2D eigenvalue weighted by Gasteiger charge is -2.28. The van der Waals surface area contributed by atoms with E-state index >= 15 is 0 Å². The van der Waals surface area contributed by atoms with Crippen LogP contribution in [0.25, 0.3) is 0 Å². The third kappa shape index (κ3) is 2.09. The zero-order valence-electron chi connectivity index (χ0n) is 12.2. The van der Waals surface area contributed by atoms with Crippen molar-refractivity contribution in [3.63, 3.8) is 0 Å². The topological polar surface area (TPSA) is 66.8 Å². The molecule has 2 aliphatic heterocycles. The third-order valence-corrected chi connectivity index (χ3v) is 5.93. The van der Waals surface area contributed by atoms with Crippen LogP contribution in [0.15, 0.2) is 64.5 Å². The molecule has 0 aromatic heterocycles. The van der Waals surface area contributed by atoms with Crippen LogP contribution in [0.5, 0.6) is 0 Å². The van der Waals surface area contributed by atoms with Crippen LogP contribution in [0.2, 0.25) is 0 Å². The zero-order chi connectivity index (χ0) is 16.0. The third-order valence-electron chi connectivity index (χ3n) is 4.23. The molecule has 0 radical (unpaired) electrons. The predicted molar refractivity (Wildman–Crippen MR) is 87.3 cm³/mol. The number of hydrogen-bond donors (Lipinski definition) is 0. The summed E-state index contributed by atoms with van der Waals surface area (Å²) in [7, 11) is -3.89. The Balaban J connectivity index is 1.78. The number of para-hydroxylation sites is 1. The monoisotopic (exact) mass is 326 g/mol. The van der Waals surface area contributed by atoms with Crippen molar-refractivity contribution in [2.75, 3.05) is 11.4 Å². The molecule has 2 aliphatic rings. The summed E-state index contributed by atoms with van der Waals surface area (Å²) in [5.74, 6) is -0.532. The number of sulfone groups is 1. The van der Waals surface area contributed by atoms with Crippen LogP contribution in [-0.2, 0) is 21.1 Å². The highest BCUT2D eigenvalue weighted by atomic mass is 32.2. The summed E-state index contributed by atoms with van der Waals surface area (Å²) in [6.45, 7) is 0.307. The van der Waals surface area contributed by atoms with Crippen molar-refractivity contribution in [2.24, 2.45) is 4.99 Å². The van der Waals surface area contributed by atoms with E-state index in [4.69, 9.17) is 0 Å². The predicted octanol–water partition coefficient (Wildman–Crippen LogP) is 1.83. The van der Waals surface area contributed by atoms with E-state index in [0.29, 0.717) is 13.0 Å². The Bertz CT molecular complexity index is 920. The summed E-state index contributed by atoms with van der Waals surface area (Å²) in [6, 6.07) is 15.5. The summed E-state index contributed by atoms with van der Waals surface area (Å²) in [6.07, 6.45) is 0.712. The molecule has 23 heavy (non-hydrogen) atoms. The average molecular weight is 326 g/mol. The van der Waals surface area contributed by atoms with Gasteiger partial charge in [-0.15, -0.1) is 0 Å². The minimum Gasteiger partial charge on any atom is -0.301 e. The van der Waals surface area contributed by atoms with Crippen molar-refractivity contribution in [1.29, 1.82) is 0 Å². The highest BCUT2D eigenvalue weighted by Gasteiger charge is 2.43. The minimum absolute atomic E-state index is 0.0883. The van der Waals surface area contributed by atoms with Gasteiger partial charge >= 0.3 is 0 Å². The molecule has 2 heterocycles. The molecule has 0 fully saturated rings. The number of hydrogen-bond acceptors (Lipinski definition) is 4. The summed E-state index contributed by atoms with van der Waals surface area (Å²) in [4.78, 5) is 18.6. The largest absolute Gasteiger partial charge is 0.301 e. The molecule has 0 N–H and O–H groups in total. The van der Waals surface area contributed by atoms with Gasteiger partial charge in [-0.25, -0.2) is 8.42 Å². The summed E-state index contributed by atoms with van der Waals surface area (Å²) < 4.78 is 25.4. The first-order valence-corrected chi connectivity index (χ1v) is 8.83. The van der Waals surface area contributed by atoms with Crippen molar-refractivity contribution >= 4 is 26.5 Å². The van der Waals surface area contributed by atoms with Crippen LogP contribution in [0.1, 0.15) is 5.56 Å². The van der Waals surface area contributed by atoms with Gasteiger partial charge in [0.05, 0.1) is 17.5 Å². The van der Waals surface area contributed by atoms with Crippen molar-refractivity contribution in [3.05, 3.63) is 60.2 Å². The Morgan fingerprint density at radius 3 is 2.48 bits per heavy atom. The first kappa shape index (κ1) is 14.1. The second-order valence-electron chi connectivity index (χ2n) is 5.62. The lowest BCUT2D eigenvalue weighted by molar-refractivity contribution is -0.112. The van der Waals surface area contributed by atoms with Gasteiger partial charge in [0.15, 0.2) is 0 Å². The Hall–Kier alpha value is -2.47. The molecule has 116 valence electrons. The normalized spacial score (nSPS) is 20.0. The average Bonchev–Trinajstić information content (AvgIpc) is 2.95. The van der Waals surface area contributed by atoms with Crippen LogP contribution in [0.4, 0.5) is 5.69 Å². The number of amides is 1. The quantitative estimate of drug-likeness (QED) is 0.803. The van der Waals surface area contributed by atoms with E-state index in [-0.39, 0.29) is 16.0 Å². The second kappa shape index (κ2) is 5.03. The first-order valence-electron chi connectivity index (χ1n) is 7.35. The summed E-state index contributed by atoms with van der Waals surface area (Å²) in [5.41, 5.74) is 1.84. The lowest BCUT2D eigenvalue weighted by atomic mass is 10.1. The minimum atomic E-state index is -3.89. The molecule has 2 aromatic rings. The Morgan fingerprint density at radius 2 is 1.70 bits per heavy atom. The first-order chi connectivity index (χ1) is 11.1. The maximum Gasteiger partial charge on any atom is 0.289 e. The molecule has 2 aromatic carbocycles. The van der Waals surface area contributed by atoms with Crippen molar-refractivity contribution in [3.8, 4) is 0 Å². The number of carbonyl (C=O) groups is 1. The fourth-order valence-corrected chi connectivity index (χ4v) is 4.46. The molecule has 0 saturated heterocycles. The smallest absolute Gasteiger partial charge is 0.289 e. The van der Waals surface area contributed by atoms with Gasteiger partial charge in [0.1, 0.15) is 0 Å². The van der Waals surface area contributed by atoms with Crippen LogP contribution >= 0.6 is 0 Å². The second-order valence-corrected chi connectivity index (χ2v) is 7.49. The fourth-order valence-electron chi connectivity index (χ4n) is 3.15. The Kier molecular flexibility index (Phi) is 3.09. The molecule has 0 bridgehead atoms. The van der Waals surface area contributed by atoms with Crippen LogP contribution in [0, 0.1) is 0 Å². The maximum atomic E-state index is 12.8. The van der Waals surface area contributed by atoms with E-state index in [1.807, 2.05) is 24.3 Å². The molecule has 4 rings (SSSR count). The van der Waals surface area contributed by atoms with Gasteiger partial charge in [0.25, 0.3) is 5.91 Å². The van der Waals surface area contributed by atoms with E-state index in [2.05, 4.69) is 4.99 Å². The highest BCUT2D eigenvalue weighted by molar-refractivity contribution is 8.08. The standard InChI is InChI=1S/C17H14N2O3S/c20-17-16(23(21,22)14-7-2-1-3-8-14)18-11-13-10-12-6-4-5-9-15(12)19(13)17/h1-9,13H,10-11H2. The van der Waals surface area contributed by atoms with Gasteiger partial charge in [-0.2, -0.15) is 0 Å². The van der Waals surface area contributed by atoms with Gasteiger partial charge in [-0.05, 0) is 30.2 Å². The van der Waals surface area contributed by atoms with Crippen LogP contribution < -0.4 is 4.90 Å². The number of fused-ring (bicyclic) bond motifs is 3. The maximum absolute atomic E-state index is 12.8. The van der Waals surface area contributed by atoms with Gasteiger partial charge in [-0.1, -0.05) is 36.4 Å². The molecular formula is C17H14N2O3S. The van der Waals surface area contributed by atoms with E-state index in [1.54, 1.807) is 23.1 Å². The molecule has 1 unspecified atom stereocenters. The number of rotatable bonds is 1. The molecule has 0 aliphatic carbocycles. The molecular weight excluding hydrogens is 312 g/mol. The van der Waals surface area contributed by atoms with Crippen molar-refractivity contribution in [1.82, 2.24) is 0 Å². The van der Waals surface area contributed by atoms with Gasteiger partial charge in [0.2, 0.25) is 14.9 Å². The van der Waals surface area contributed by atoms with Gasteiger partial charge < -0.3 is 4.90 Å². The van der Waals surface area contributed by atoms with Crippen LogP contribution in [-0.4, -0.2) is 32.0 Å². The zero-order valence-corrected chi connectivity index (χ0v) is 13.0. The van der Waals surface area contributed by atoms with Gasteiger partial charge in [0, 0.05) is 5.69 Å². The number of nitrogens with zero attached hydrogens (tertiary/aromatic N) is 2. The van der Waals surface area contributed by atoms with Crippen molar-refractivity contribution < 1.29 is 13.2 Å². The highest BCUT2D eigenvalue weighted by Crippen LogP contribution is 2.34. The van der Waals surface area contributed by atoms with Crippen molar-refractivity contribution in [2.45, 2.75) is 17.4 Å². The fraction of sp³-hybridized carbons (Fsp3) is 0.176. The van der Waals surface area contributed by atoms with E-state index in [9.17, 15) is 13.2 Å².